The molecule has 144 valence electrons. The average Bonchev–Trinajstić information content (AvgIpc) is 2.96. The lowest BCUT2D eigenvalue weighted by Gasteiger charge is -2.50. The number of nitrogens with zero attached hydrogens (tertiary/aromatic N) is 4. The zero-order valence-corrected chi connectivity index (χ0v) is 15.9. The predicted molar refractivity (Wildman–Crippen MR) is 108 cm³/mol. The molecule has 1 N–H and O–H groups in total. The summed E-state index contributed by atoms with van der Waals surface area (Å²) < 4.78 is 0. The van der Waals surface area contributed by atoms with Crippen molar-refractivity contribution in [2.24, 2.45) is 16.4 Å². The van der Waals surface area contributed by atoms with E-state index in [0.717, 1.165) is 45.7 Å². The van der Waals surface area contributed by atoms with Crippen LogP contribution < -0.4 is 5.43 Å². The van der Waals surface area contributed by atoms with Crippen molar-refractivity contribution in [2.75, 3.05) is 39.3 Å². The largest absolute Gasteiger partial charge is 0.300 e. The maximum atomic E-state index is 12.5. The SMILES string of the molecule is O=C(N/N=C1\C2CN3CCN(C2)CC1(Cc1ccccc1)C3)c1ccncc1. The molecule has 1 aromatic carbocycles. The van der Waals surface area contributed by atoms with Gasteiger partial charge in [0, 0.05) is 68.6 Å². The summed E-state index contributed by atoms with van der Waals surface area (Å²) in [4.78, 5) is 21.7. The fourth-order valence-corrected chi connectivity index (χ4v) is 5.19. The summed E-state index contributed by atoms with van der Waals surface area (Å²) in [5.41, 5.74) is 5.90. The van der Waals surface area contributed by atoms with E-state index in [0.29, 0.717) is 11.5 Å². The van der Waals surface area contributed by atoms with E-state index in [1.54, 1.807) is 24.5 Å². The maximum absolute atomic E-state index is 12.5. The van der Waals surface area contributed by atoms with Crippen LogP contribution in [0.5, 0.6) is 0 Å². The highest BCUT2D eigenvalue weighted by Crippen LogP contribution is 2.41. The number of rotatable bonds is 4. The maximum Gasteiger partial charge on any atom is 0.271 e. The first-order chi connectivity index (χ1) is 13.7. The molecular formula is C22H25N5O. The van der Waals surface area contributed by atoms with Gasteiger partial charge in [-0.3, -0.25) is 9.78 Å². The lowest BCUT2D eigenvalue weighted by molar-refractivity contribution is 0.0944. The van der Waals surface area contributed by atoms with Gasteiger partial charge in [0.2, 0.25) is 0 Å². The van der Waals surface area contributed by atoms with Crippen LogP contribution in [0.25, 0.3) is 0 Å². The molecule has 2 aromatic rings. The van der Waals surface area contributed by atoms with E-state index in [9.17, 15) is 4.79 Å². The zero-order chi connectivity index (χ0) is 19.0. The van der Waals surface area contributed by atoms with Crippen LogP contribution >= 0.6 is 0 Å². The molecule has 5 heterocycles. The number of piperidine rings is 2. The molecule has 4 aliphatic heterocycles. The molecule has 28 heavy (non-hydrogen) atoms. The van der Waals surface area contributed by atoms with E-state index in [-0.39, 0.29) is 11.3 Å². The molecule has 6 nitrogen and oxygen atoms in total. The molecule has 0 radical (unpaired) electrons. The third kappa shape index (κ3) is 3.23. The Kier molecular flexibility index (Phi) is 4.45. The van der Waals surface area contributed by atoms with Crippen LogP contribution in [0.1, 0.15) is 15.9 Å². The molecule has 0 saturated carbocycles. The molecule has 1 aromatic heterocycles. The van der Waals surface area contributed by atoms with Crippen molar-refractivity contribution in [3.63, 3.8) is 0 Å². The first-order valence-corrected chi connectivity index (χ1v) is 9.99. The molecule has 4 aliphatic rings. The molecule has 6 rings (SSSR count). The second kappa shape index (κ2) is 7.11. The summed E-state index contributed by atoms with van der Waals surface area (Å²) in [6.07, 6.45) is 4.22. The van der Waals surface area contributed by atoms with Gasteiger partial charge in [-0.15, -0.1) is 0 Å². The average molecular weight is 375 g/mol. The van der Waals surface area contributed by atoms with Crippen LogP contribution in [0.3, 0.4) is 0 Å². The molecule has 4 bridgehead atoms. The Morgan fingerprint density at radius 3 is 2.43 bits per heavy atom. The van der Waals surface area contributed by atoms with E-state index in [4.69, 9.17) is 5.10 Å². The summed E-state index contributed by atoms with van der Waals surface area (Å²) >= 11 is 0. The first-order valence-electron chi connectivity index (χ1n) is 9.99. The van der Waals surface area contributed by atoms with Crippen molar-refractivity contribution in [3.05, 3.63) is 66.0 Å². The van der Waals surface area contributed by atoms with Gasteiger partial charge in [0.15, 0.2) is 0 Å². The molecular weight excluding hydrogens is 350 g/mol. The van der Waals surface area contributed by atoms with Crippen LogP contribution in [-0.2, 0) is 6.42 Å². The minimum atomic E-state index is -0.169. The smallest absolute Gasteiger partial charge is 0.271 e. The summed E-state index contributed by atoms with van der Waals surface area (Å²) in [6, 6.07) is 14.1. The van der Waals surface area contributed by atoms with E-state index in [1.165, 1.54) is 11.3 Å². The van der Waals surface area contributed by atoms with E-state index >= 15 is 0 Å². The second-order valence-corrected chi connectivity index (χ2v) is 8.28. The highest BCUT2D eigenvalue weighted by atomic mass is 16.2. The minimum Gasteiger partial charge on any atom is -0.300 e. The highest BCUT2D eigenvalue weighted by Gasteiger charge is 2.52. The first kappa shape index (κ1) is 17.5. The van der Waals surface area contributed by atoms with Gasteiger partial charge in [-0.2, -0.15) is 5.10 Å². The second-order valence-electron chi connectivity index (χ2n) is 8.28. The molecule has 4 fully saturated rings. The van der Waals surface area contributed by atoms with Gasteiger partial charge in [-0.05, 0) is 24.1 Å². The fourth-order valence-electron chi connectivity index (χ4n) is 5.19. The van der Waals surface area contributed by atoms with Crippen molar-refractivity contribution >= 4 is 11.6 Å². The number of amides is 1. The molecule has 1 amide bonds. The lowest BCUT2D eigenvalue weighted by Crippen LogP contribution is -2.62. The number of benzene rings is 1. The van der Waals surface area contributed by atoms with Crippen LogP contribution in [0.4, 0.5) is 0 Å². The van der Waals surface area contributed by atoms with Crippen molar-refractivity contribution in [1.29, 1.82) is 0 Å². The number of pyridine rings is 1. The Morgan fingerprint density at radius 1 is 1.07 bits per heavy atom. The third-order valence-electron chi connectivity index (χ3n) is 6.28. The number of aromatic nitrogens is 1. The van der Waals surface area contributed by atoms with Crippen LogP contribution in [0.15, 0.2) is 60.0 Å². The number of hydrogen-bond donors (Lipinski definition) is 1. The number of nitrogens with one attached hydrogen (secondary N) is 1. The molecule has 0 aliphatic carbocycles. The molecule has 2 unspecified atom stereocenters. The number of fused-ring (bicyclic) bond motifs is 1. The summed E-state index contributed by atoms with van der Waals surface area (Å²) in [6.45, 7) is 6.36. The van der Waals surface area contributed by atoms with E-state index < -0.39 is 0 Å². The zero-order valence-electron chi connectivity index (χ0n) is 15.9. The Balaban J connectivity index is 1.47. The number of hydrogen-bond acceptors (Lipinski definition) is 5. The molecule has 0 spiro atoms. The summed E-state index contributed by atoms with van der Waals surface area (Å²) in [7, 11) is 0. The van der Waals surface area contributed by atoms with Gasteiger partial charge in [0.05, 0.1) is 5.71 Å². The van der Waals surface area contributed by atoms with Crippen LogP contribution in [0.2, 0.25) is 0 Å². The van der Waals surface area contributed by atoms with Crippen LogP contribution in [0, 0.1) is 11.3 Å². The highest BCUT2D eigenvalue weighted by molar-refractivity contribution is 5.98. The predicted octanol–water partition coefficient (Wildman–Crippen LogP) is 1.66. The van der Waals surface area contributed by atoms with Gasteiger partial charge in [-0.25, -0.2) is 5.43 Å². The molecule has 6 heteroatoms. The topological polar surface area (TPSA) is 60.8 Å². The van der Waals surface area contributed by atoms with Gasteiger partial charge in [-0.1, -0.05) is 30.3 Å². The number of hydrazone groups is 1. The Labute approximate surface area is 165 Å². The third-order valence-corrected chi connectivity index (χ3v) is 6.28. The lowest BCUT2D eigenvalue weighted by atomic mass is 9.67. The normalized spacial score (nSPS) is 32.3. The van der Waals surface area contributed by atoms with Gasteiger partial charge in [0.25, 0.3) is 5.91 Å². The van der Waals surface area contributed by atoms with Gasteiger partial charge in [0.1, 0.15) is 0 Å². The fraction of sp³-hybridized carbons (Fsp3) is 0.409. The Bertz CT molecular complexity index is 866. The summed E-state index contributed by atoms with van der Waals surface area (Å²) in [5, 5.41) is 4.75. The summed E-state index contributed by atoms with van der Waals surface area (Å²) in [5.74, 6) is 0.212. The van der Waals surface area contributed by atoms with Crippen molar-refractivity contribution in [1.82, 2.24) is 20.2 Å². The van der Waals surface area contributed by atoms with Crippen molar-refractivity contribution in [3.8, 4) is 0 Å². The minimum absolute atomic E-state index is 0.0372. The number of carbonyl (C=O) groups excluding carboxylic acids is 1. The standard InChI is InChI=1S/C22H25N5O/c28-21(18-6-8-23-9-7-18)25-24-20-19-13-26-10-11-27(14-19)16-22(20,15-26)12-17-4-2-1-3-5-17/h1-9,19H,10-16H2,(H,25,28)/b24-20+. The Hall–Kier alpha value is -2.57. The van der Waals surface area contributed by atoms with Crippen molar-refractivity contribution < 1.29 is 4.79 Å². The number of carbonyl (C=O) groups is 1. The Morgan fingerprint density at radius 2 is 1.75 bits per heavy atom. The van der Waals surface area contributed by atoms with E-state index in [1.807, 2.05) is 0 Å². The molecule has 4 saturated heterocycles. The van der Waals surface area contributed by atoms with Gasteiger partial charge < -0.3 is 9.80 Å². The molecule has 2 atom stereocenters. The van der Waals surface area contributed by atoms with Crippen LogP contribution in [-0.4, -0.2) is 65.7 Å². The quantitative estimate of drug-likeness (QED) is 0.826. The van der Waals surface area contributed by atoms with E-state index in [2.05, 4.69) is 50.5 Å². The van der Waals surface area contributed by atoms with Gasteiger partial charge >= 0.3 is 0 Å². The van der Waals surface area contributed by atoms with Crippen molar-refractivity contribution in [2.45, 2.75) is 6.42 Å². The monoisotopic (exact) mass is 375 g/mol.